The summed E-state index contributed by atoms with van der Waals surface area (Å²) in [5, 5.41) is 0. The molecule has 4 heteroatoms. The summed E-state index contributed by atoms with van der Waals surface area (Å²) in [4.78, 5) is 14.2. The third-order valence-electron chi connectivity index (χ3n) is 3.26. The molecule has 0 unspecified atom stereocenters. The SMILES string of the molecule is CN(CCCc1ccccc1)C(=O)c1cc(Br)cc(Br)c1. The molecule has 0 bridgehead atoms. The molecule has 0 aliphatic heterocycles. The molecule has 2 rings (SSSR count). The van der Waals surface area contributed by atoms with E-state index >= 15 is 0 Å². The van der Waals surface area contributed by atoms with Gasteiger partial charge in [-0.1, -0.05) is 62.2 Å². The minimum absolute atomic E-state index is 0.0464. The van der Waals surface area contributed by atoms with E-state index in [0.29, 0.717) is 5.56 Å². The Bertz CT molecular complexity index is 593. The van der Waals surface area contributed by atoms with Gasteiger partial charge in [-0.2, -0.15) is 0 Å². The zero-order chi connectivity index (χ0) is 15.2. The van der Waals surface area contributed by atoms with E-state index < -0.39 is 0 Å². The molecule has 0 atom stereocenters. The molecule has 0 radical (unpaired) electrons. The minimum Gasteiger partial charge on any atom is -0.342 e. The van der Waals surface area contributed by atoms with E-state index in [9.17, 15) is 4.79 Å². The monoisotopic (exact) mass is 409 g/mol. The van der Waals surface area contributed by atoms with Crippen LogP contribution in [0.4, 0.5) is 0 Å². The van der Waals surface area contributed by atoms with E-state index in [4.69, 9.17) is 0 Å². The van der Waals surface area contributed by atoms with Crippen LogP contribution in [0.2, 0.25) is 0 Å². The van der Waals surface area contributed by atoms with E-state index in [2.05, 4.69) is 44.0 Å². The van der Waals surface area contributed by atoms with Crippen LogP contribution in [0, 0.1) is 0 Å². The van der Waals surface area contributed by atoms with E-state index in [0.717, 1.165) is 28.3 Å². The van der Waals surface area contributed by atoms with Crippen molar-refractivity contribution in [3.05, 3.63) is 68.6 Å². The summed E-state index contributed by atoms with van der Waals surface area (Å²) in [6, 6.07) is 16.0. The van der Waals surface area contributed by atoms with Gasteiger partial charge in [0, 0.05) is 28.1 Å². The molecule has 0 aliphatic carbocycles. The Morgan fingerprint density at radius 1 is 1.05 bits per heavy atom. The molecule has 2 aromatic carbocycles. The number of hydrogen-bond donors (Lipinski definition) is 0. The van der Waals surface area contributed by atoms with Crippen molar-refractivity contribution >= 4 is 37.8 Å². The molecule has 110 valence electrons. The molecule has 1 amide bonds. The molecule has 2 aromatic rings. The highest BCUT2D eigenvalue weighted by molar-refractivity contribution is 9.11. The van der Waals surface area contributed by atoms with E-state index in [-0.39, 0.29) is 5.91 Å². The fourth-order valence-corrected chi connectivity index (χ4v) is 3.46. The number of nitrogens with zero attached hydrogens (tertiary/aromatic N) is 1. The zero-order valence-corrected chi connectivity index (χ0v) is 15.0. The zero-order valence-electron chi connectivity index (χ0n) is 11.9. The van der Waals surface area contributed by atoms with Gasteiger partial charge in [-0.3, -0.25) is 4.79 Å². The lowest BCUT2D eigenvalue weighted by atomic mass is 10.1. The van der Waals surface area contributed by atoms with Crippen LogP contribution in [0.25, 0.3) is 0 Å². The lowest BCUT2D eigenvalue weighted by molar-refractivity contribution is 0.0793. The standard InChI is InChI=1S/C17H17Br2NO/c1-20(9-5-8-13-6-3-2-4-7-13)17(21)14-10-15(18)12-16(19)11-14/h2-4,6-7,10-12H,5,8-9H2,1H3. The molecule has 0 N–H and O–H groups in total. The van der Waals surface area contributed by atoms with Crippen LogP contribution in [-0.2, 0) is 6.42 Å². The number of aryl methyl sites for hydroxylation is 1. The Morgan fingerprint density at radius 3 is 2.29 bits per heavy atom. The number of rotatable bonds is 5. The summed E-state index contributed by atoms with van der Waals surface area (Å²) in [5.41, 5.74) is 2.00. The average molecular weight is 411 g/mol. The summed E-state index contributed by atoms with van der Waals surface area (Å²) in [6.45, 7) is 0.748. The number of amides is 1. The Morgan fingerprint density at radius 2 is 1.67 bits per heavy atom. The van der Waals surface area contributed by atoms with Gasteiger partial charge >= 0.3 is 0 Å². The van der Waals surface area contributed by atoms with Gasteiger partial charge in [-0.15, -0.1) is 0 Å². The van der Waals surface area contributed by atoms with Crippen molar-refractivity contribution in [3.8, 4) is 0 Å². The summed E-state index contributed by atoms with van der Waals surface area (Å²) in [6.07, 6.45) is 1.95. The first-order valence-electron chi connectivity index (χ1n) is 6.82. The topological polar surface area (TPSA) is 20.3 Å². The molecule has 0 aliphatic rings. The van der Waals surface area contributed by atoms with Gasteiger partial charge in [0.2, 0.25) is 0 Å². The Balaban J connectivity index is 1.90. The van der Waals surface area contributed by atoms with Gasteiger partial charge in [0.05, 0.1) is 0 Å². The average Bonchev–Trinajstić information content (AvgIpc) is 2.46. The third-order valence-corrected chi connectivity index (χ3v) is 4.17. The summed E-state index contributed by atoms with van der Waals surface area (Å²) in [5.74, 6) is 0.0464. The number of carbonyl (C=O) groups is 1. The van der Waals surface area contributed by atoms with Crippen LogP contribution in [0.1, 0.15) is 22.3 Å². The predicted molar refractivity (Wildman–Crippen MR) is 93.6 cm³/mol. The molecule has 0 fully saturated rings. The highest BCUT2D eigenvalue weighted by Crippen LogP contribution is 2.21. The quantitative estimate of drug-likeness (QED) is 0.685. The molecule has 0 spiro atoms. The fraction of sp³-hybridized carbons (Fsp3) is 0.235. The van der Waals surface area contributed by atoms with Crippen molar-refractivity contribution in [2.45, 2.75) is 12.8 Å². The minimum atomic E-state index is 0.0464. The molecular weight excluding hydrogens is 394 g/mol. The van der Waals surface area contributed by atoms with Gasteiger partial charge in [0.1, 0.15) is 0 Å². The van der Waals surface area contributed by atoms with Gasteiger partial charge in [-0.25, -0.2) is 0 Å². The van der Waals surface area contributed by atoms with Crippen LogP contribution in [-0.4, -0.2) is 24.4 Å². The van der Waals surface area contributed by atoms with E-state index in [1.54, 1.807) is 4.90 Å². The lowest BCUT2D eigenvalue weighted by Gasteiger charge is -2.17. The Kier molecular flexibility index (Phi) is 6.00. The molecule has 2 nitrogen and oxygen atoms in total. The number of halogens is 2. The summed E-state index contributed by atoms with van der Waals surface area (Å²) < 4.78 is 1.80. The largest absolute Gasteiger partial charge is 0.342 e. The normalized spacial score (nSPS) is 10.4. The maximum absolute atomic E-state index is 12.4. The van der Waals surface area contributed by atoms with Gasteiger partial charge in [0.15, 0.2) is 0 Å². The highest BCUT2D eigenvalue weighted by atomic mass is 79.9. The lowest BCUT2D eigenvalue weighted by Crippen LogP contribution is -2.28. The van der Waals surface area contributed by atoms with Crippen LogP contribution in [0.3, 0.4) is 0 Å². The fourth-order valence-electron chi connectivity index (χ4n) is 2.16. The molecule has 21 heavy (non-hydrogen) atoms. The second-order valence-electron chi connectivity index (χ2n) is 4.97. The molecule has 0 aromatic heterocycles. The predicted octanol–water partition coefficient (Wildman–Crippen LogP) is 4.92. The third kappa shape index (κ3) is 4.97. The van der Waals surface area contributed by atoms with Crippen LogP contribution in [0.5, 0.6) is 0 Å². The van der Waals surface area contributed by atoms with Crippen molar-refractivity contribution in [1.29, 1.82) is 0 Å². The smallest absolute Gasteiger partial charge is 0.253 e. The van der Waals surface area contributed by atoms with Gasteiger partial charge in [-0.05, 0) is 36.6 Å². The Labute approximate surface area is 142 Å². The van der Waals surface area contributed by atoms with Crippen molar-refractivity contribution in [2.75, 3.05) is 13.6 Å². The van der Waals surface area contributed by atoms with Crippen LogP contribution >= 0.6 is 31.9 Å². The first-order chi connectivity index (χ1) is 10.1. The number of hydrogen-bond acceptors (Lipinski definition) is 1. The maximum Gasteiger partial charge on any atom is 0.253 e. The van der Waals surface area contributed by atoms with Crippen molar-refractivity contribution in [1.82, 2.24) is 4.90 Å². The van der Waals surface area contributed by atoms with E-state index in [1.165, 1.54) is 5.56 Å². The highest BCUT2D eigenvalue weighted by Gasteiger charge is 2.12. The number of benzene rings is 2. The molecule has 0 saturated heterocycles. The van der Waals surface area contributed by atoms with Gasteiger partial charge < -0.3 is 4.90 Å². The van der Waals surface area contributed by atoms with Crippen molar-refractivity contribution in [3.63, 3.8) is 0 Å². The van der Waals surface area contributed by atoms with Crippen molar-refractivity contribution in [2.24, 2.45) is 0 Å². The summed E-state index contributed by atoms with van der Waals surface area (Å²) in [7, 11) is 1.85. The second kappa shape index (κ2) is 7.76. The van der Waals surface area contributed by atoms with Crippen LogP contribution in [0.15, 0.2) is 57.5 Å². The van der Waals surface area contributed by atoms with E-state index in [1.807, 2.05) is 43.4 Å². The summed E-state index contributed by atoms with van der Waals surface area (Å²) >= 11 is 6.83. The molecular formula is C17H17Br2NO. The first kappa shape index (κ1) is 16.2. The first-order valence-corrected chi connectivity index (χ1v) is 8.40. The Hall–Kier alpha value is -1.13. The molecule has 0 heterocycles. The maximum atomic E-state index is 12.4. The number of carbonyl (C=O) groups excluding carboxylic acids is 1. The van der Waals surface area contributed by atoms with Crippen molar-refractivity contribution < 1.29 is 4.79 Å². The second-order valence-corrected chi connectivity index (χ2v) is 6.81. The van der Waals surface area contributed by atoms with Crippen LogP contribution < -0.4 is 0 Å². The van der Waals surface area contributed by atoms with Gasteiger partial charge in [0.25, 0.3) is 5.91 Å². The molecule has 0 saturated carbocycles.